The molecule has 2 N–H and O–H groups in total. The van der Waals surface area contributed by atoms with E-state index in [1.54, 1.807) is 0 Å². The van der Waals surface area contributed by atoms with Crippen LogP contribution in [0.15, 0.2) is 0 Å². The Kier molecular flexibility index (Phi) is 11.1. The number of carbonyl (C=O) groups excluding carboxylic acids is 1. The molecule has 108 valence electrons. The maximum Gasteiger partial charge on any atom is 0.234 e. The van der Waals surface area contributed by atoms with Crippen LogP contribution in [0.5, 0.6) is 0 Å². The molecule has 0 spiro atoms. The maximum atomic E-state index is 11.6. The molecule has 0 radical (unpaired) electrons. The van der Waals surface area contributed by atoms with Gasteiger partial charge < -0.3 is 15.5 Å². The minimum absolute atomic E-state index is 0.110. The van der Waals surface area contributed by atoms with Crippen LogP contribution in [0.25, 0.3) is 0 Å². The summed E-state index contributed by atoms with van der Waals surface area (Å²) in [5, 5.41) is 6.14. The fourth-order valence-corrected chi connectivity index (χ4v) is 1.94. The highest BCUT2D eigenvalue weighted by Gasteiger charge is 2.07. The van der Waals surface area contributed by atoms with Gasteiger partial charge in [0.25, 0.3) is 0 Å². The molecule has 1 unspecified atom stereocenters. The summed E-state index contributed by atoms with van der Waals surface area (Å²) in [4.78, 5) is 14.0. The maximum absolute atomic E-state index is 11.6. The van der Waals surface area contributed by atoms with Gasteiger partial charge in [0.05, 0.1) is 6.54 Å². The fourth-order valence-electron chi connectivity index (χ4n) is 1.94. The van der Waals surface area contributed by atoms with E-state index in [1.807, 2.05) is 0 Å². The van der Waals surface area contributed by atoms with Crippen molar-refractivity contribution in [3.05, 3.63) is 0 Å². The van der Waals surface area contributed by atoms with Crippen molar-refractivity contribution in [3.63, 3.8) is 0 Å². The quantitative estimate of drug-likeness (QED) is 0.553. The summed E-state index contributed by atoms with van der Waals surface area (Å²) in [5.41, 5.74) is 0. The summed E-state index contributed by atoms with van der Waals surface area (Å²) in [5.74, 6) is 0.110. The second-order valence-corrected chi connectivity index (χ2v) is 4.81. The van der Waals surface area contributed by atoms with E-state index in [-0.39, 0.29) is 11.9 Å². The van der Waals surface area contributed by atoms with Crippen molar-refractivity contribution >= 4 is 5.91 Å². The molecule has 0 aliphatic rings. The van der Waals surface area contributed by atoms with Gasteiger partial charge in [-0.2, -0.15) is 0 Å². The van der Waals surface area contributed by atoms with Gasteiger partial charge in [-0.3, -0.25) is 4.79 Å². The highest BCUT2D eigenvalue weighted by Crippen LogP contribution is 1.99. The SMILES string of the molecule is CCCNCC(=O)NC(C)CCCN(CC)CC. The zero-order valence-electron chi connectivity index (χ0n) is 12.6. The topological polar surface area (TPSA) is 44.4 Å². The van der Waals surface area contributed by atoms with E-state index in [4.69, 9.17) is 0 Å². The average Bonchev–Trinajstić information content (AvgIpc) is 2.35. The molecule has 0 aliphatic heterocycles. The Balaban J connectivity index is 3.57. The van der Waals surface area contributed by atoms with Crippen LogP contribution < -0.4 is 10.6 Å². The van der Waals surface area contributed by atoms with Gasteiger partial charge in [0.1, 0.15) is 0 Å². The lowest BCUT2D eigenvalue weighted by molar-refractivity contribution is -0.120. The van der Waals surface area contributed by atoms with Crippen molar-refractivity contribution in [2.75, 3.05) is 32.7 Å². The molecule has 4 nitrogen and oxygen atoms in total. The van der Waals surface area contributed by atoms with Crippen LogP contribution >= 0.6 is 0 Å². The predicted octanol–water partition coefficient (Wildman–Crippen LogP) is 1.61. The number of nitrogens with one attached hydrogen (secondary N) is 2. The third-order valence-corrected chi connectivity index (χ3v) is 3.13. The zero-order valence-corrected chi connectivity index (χ0v) is 12.6. The first-order chi connectivity index (χ1) is 8.63. The Labute approximate surface area is 113 Å². The molecule has 0 saturated carbocycles. The first kappa shape index (κ1) is 17.4. The van der Waals surface area contributed by atoms with Gasteiger partial charge in [-0.25, -0.2) is 0 Å². The van der Waals surface area contributed by atoms with Crippen molar-refractivity contribution in [1.29, 1.82) is 0 Å². The smallest absolute Gasteiger partial charge is 0.234 e. The molecule has 1 atom stereocenters. The standard InChI is InChI=1S/C14H31N3O/c1-5-10-15-12-14(18)16-13(4)9-8-11-17(6-2)7-3/h13,15H,5-12H2,1-4H3,(H,16,18). The van der Waals surface area contributed by atoms with Crippen LogP contribution in [0.1, 0.15) is 47.0 Å². The van der Waals surface area contributed by atoms with Crippen molar-refractivity contribution in [2.24, 2.45) is 0 Å². The summed E-state index contributed by atoms with van der Waals surface area (Å²) < 4.78 is 0. The summed E-state index contributed by atoms with van der Waals surface area (Å²) in [7, 11) is 0. The van der Waals surface area contributed by atoms with E-state index in [1.165, 1.54) is 0 Å². The highest BCUT2D eigenvalue weighted by molar-refractivity contribution is 5.78. The van der Waals surface area contributed by atoms with Crippen LogP contribution in [0, 0.1) is 0 Å². The number of carbonyl (C=O) groups is 1. The van der Waals surface area contributed by atoms with Crippen molar-refractivity contribution < 1.29 is 4.79 Å². The van der Waals surface area contributed by atoms with Crippen LogP contribution in [0.3, 0.4) is 0 Å². The first-order valence-corrected chi connectivity index (χ1v) is 7.36. The lowest BCUT2D eigenvalue weighted by Gasteiger charge is -2.19. The van der Waals surface area contributed by atoms with E-state index in [0.29, 0.717) is 6.54 Å². The largest absolute Gasteiger partial charge is 0.353 e. The number of amides is 1. The third-order valence-electron chi connectivity index (χ3n) is 3.13. The van der Waals surface area contributed by atoms with Gasteiger partial charge in [0, 0.05) is 6.04 Å². The first-order valence-electron chi connectivity index (χ1n) is 7.36. The molecule has 0 saturated heterocycles. The molecular weight excluding hydrogens is 226 g/mol. The van der Waals surface area contributed by atoms with Gasteiger partial charge in [0.2, 0.25) is 5.91 Å². The molecule has 18 heavy (non-hydrogen) atoms. The molecule has 0 aliphatic carbocycles. The normalized spacial score (nSPS) is 12.7. The van der Waals surface area contributed by atoms with Gasteiger partial charge in [0.15, 0.2) is 0 Å². The van der Waals surface area contributed by atoms with Crippen LogP contribution in [0.4, 0.5) is 0 Å². The lowest BCUT2D eigenvalue weighted by Crippen LogP contribution is -2.39. The molecule has 0 rings (SSSR count). The zero-order chi connectivity index (χ0) is 13.8. The van der Waals surface area contributed by atoms with E-state index < -0.39 is 0 Å². The minimum atomic E-state index is 0.110. The molecule has 0 aromatic carbocycles. The second-order valence-electron chi connectivity index (χ2n) is 4.81. The van der Waals surface area contributed by atoms with E-state index >= 15 is 0 Å². The second kappa shape index (κ2) is 11.5. The van der Waals surface area contributed by atoms with Crippen LogP contribution in [-0.2, 0) is 4.79 Å². The Morgan fingerprint density at radius 2 is 1.89 bits per heavy atom. The average molecular weight is 257 g/mol. The van der Waals surface area contributed by atoms with Gasteiger partial charge in [-0.1, -0.05) is 20.8 Å². The fraction of sp³-hybridized carbons (Fsp3) is 0.929. The summed E-state index contributed by atoms with van der Waals surface area (Å²) in [6.45, 7) is 13.2. The van der Waals surface area contributed by atoms with Crippen molar-refractivity contribution in [1.82, 2.24) is 15.5 Å². The van der Waals surface area contributed by atoms with E-state index in [9.17, 15) is 4.79 Å². The molecule has 0 bridgehead atoms. The monoisotopic (exact) mass is 257 g/mol. The van der Waals surface area contributed by atoms with Crippen LogP contribution in [0.2, 0.25) is 0 Å². The summed E-state index contributed by atoms with van der Waals surface area (Å²) >= 11 is 0. The number of nitrogens with zero attached hydrogens (tertiary/aromatic N) is 1. The molecule has 1 amide bonds. The summed E-state index contributed by atoms with van der Waals surface area (Å²) in [6.07, 6.45) is 3.26. The minimum Gasteiger partial charge on any atom is -0.353 e. The van der Waals surface area contributed by atoms with Crippen LogP contribution in [-0.4, -0.2) is 49.6 Å². The Morgan fingerprint density at radius 1 is 1.22 bits per heavy atom. The number of hydrogen-bond acceptors (Lipinski definition) is 3. The Bertz CT molecular complexity index is 205. The molecule has 0 heterocycles. The van der Waals surface area contributed by atoms with E-state index in [0.717, 1.165) is 45.4 Å². The number of rotatable bonds is 11. The van der Waals surface area contributed by atoms with Gasteiger partial charge in [-0.05, 0) is 52.4 Å². The Morgan fingerprint density at radius 3 is 2.44 bits per heavy atom. The van der Waals surface area contributed by atoms with Crippen molar-refractivity contribution in [2.45, 2.75) is 53.0 Å². The van der Waals surface area contributed by atoms with Gasteiger partial charge in [-0.15, -0.1) is 0 Å². The molecule has 0 aromatic rings. The van der Waals surface area contributed by atoms with Crippen molar-refractivity contribution in [3.8, 4) is 0 Å². The molecule has 0 aromatic heterocycles. The molecule has 0 fully saturated rings. The number of hydrogen-bond donors (Lipinski definition) is 2. The molecule has 4 heteroatoms. The van der Waals surface area contributed by atoms with E-state index in [2.05, 4.69) is 43.2 Å². The highest BCUT2D eigenvalue weighted by atomic mass is 16.1. The third kappa shape index (κ3) is 9.42. The summed E-state index contributed by atoms with van der Waals surface area (Å²) in [6, 6.07) is 0.275. The lowest BCUT2D eigenvalue weighted by atomic mass is 10.1. The molecular formula is C14H31N3O. The van der Waals surface area contributed by atoms with Gasteiger partial charge >= 0.3 is 0 Å². The Hall–Kier alpha value is -0.610. The predicted molar refractivity (Wildman–Crippen MR) is 77.8 cm³/mol.